The molecule has 0 unspecified atom stereocenters. The first-order valence-electron chi connectivity index (χ1n) is 9.24. The predicted octanol–water partition coefficient (Wildman–Crippen LogP) is 2.64. The quantitative estimate of drug-likeness (QED) is 0.469. The van der Waals surface area contributed by atoms with E-state index in [0.717, 1.165) is 22.5 Å². The first-order valence-corrected chi connectivity index (χ1v) is 11.5. The van der Waals surface area contributed by atoms with E-state index in [1.807, 2.05) is 25.1 Å². The number of hydrogen-bond acceptors (Lipinski definition) is 8. The van der Waals surface area contributed by atoms with Crippen LogP contribution in [0.3, 0.4) is 0 Å². The second kappa shape index (κ2) is 9.86. The highest BCUT2D eigenvalue weighted by Crippen LogP contribution is 2.27. The molecule has 0 bridgehead atoms. The van der Waals surface area contributed by atoms with Gasteiger partial charge in [0.15, 0.2) is 11.5 Å². The number of aryl methyl sites for hydroxylation is 1. The molecule has 1 heterocycles. The van der Waals surface area contributed by atoms with Crippen LogP contribution in [0.2, 0.25) is 0 Å². The molecule has 0 atom stereocenters. The highest BCUT2D eigenvalue weighted by atomic mass is 32.2. The minimum Gasteiger partial charge on any atom is -0.493 e. The number of rotatable bonds is 9. The van der Waals surface area contributed by atoms with Crippen LogP contribution in [0.1, 0.15) is 21.5 Å². The fraction of sp³-hybridized carbons (Fsp3) is 0.250. The van der Waals surface area contributed by atoms with E-state index in [1.54, 1.807) is 31.4 Å². The van der Waals surface area contributed by atoms with Gasteiger partial charge in [-0.25, -0.2) is 13.1 Å². The summed E-state index contributed by atoms with van der Waals surface area (Å²) >= 11 is 0.782. The summed E-state index contributed by atoms with van der Waals surface area (Å²) in [5.74, 6) is 0.781. The lowest BCUT2D eigenvalue weighted by atomic mass is 10.1. The van der Waals surface area contributed by atoms with Crippen LogP contribution in [-0.2, 0) is 16.4 Å². The molecule has 0 aliphatic carbocycles. The molecule has 3 rings (SSSR count). The summed E-state index contributed by atoms with van der Waals surface area (Å²) in [7, 11) is -0.773. The molecular formula is C20H22N4O5S2. The van der Waals surface area contributed by atoms with Crippen LogP contribution in [0.25, 0.3) is 0 Å². The Morgan fingerprint density at radius 2 is 1.74 bits per heavy atom. The molecule has 0 fully saturated rings. The van der Waals surface area contributed by atoms with Crippen molar-refractivity contribution in [2.24, 2.45) is 0 Å². The van der Waals surface area contributed by atoms with Gasteiger partial charge in [-0.1, -0.05) is 35.1 Å². The molecule has 1 amide bonds. The summed E-state index contributed by atoms with van der Waals surface area (Å²) in [6.45, 7) is 2.07. The van der Waals surface area contributed by atoms with Gasteiger partial charge in [0.1, 0.15) is 0 Å². The van der Waals surface area contributed by atoms with Gasteiger partial charge < -0.3 is 9.47 Å². The van der Waals surface area contributed by atoms with Crippen LogP contribution in [0.5, 0.6) is 11.5 Å². The number of hydrogen-bond donors (Lipinski definition) is 2. The van der Waals surface area contributed by atoms with E-state index in [4.69, 9.17) is 9.47 Å². The van der Waals surface area contributed by atoms with Crippen LogP contribution in [0.4, 0.5) is 5.13 Å². The Balaban J connectivity index is 1.59. The van der Waals surface area contributed by atoms with Gasteiger partial charge in [0.25, 0.3) is 15.9 Å². The topological polar surface area (TPSA) is 120 Å². The van der Waals surface area contributed by atoms with Crippen LogP contribution < -0.4 is 19.5 Å². The molecule has 0 saturated carbocycles. The Kier molecular flexibility index (Phi) is 7.21. The maximum Gasteiger partial charge on any atom is 0.269 e. The maximum atomic E-state index is 12.5. The van der Waals surface area contributed by atoms with E-state index in [-0.39, 0.29) is 21.9 Å². The standard InChI is InChI=1S/C20H22N4O5S2/c1-13-4-7-15(8-5-13)18(25)22-19-23-24-20(30-19)31(26,27)21-11-10-14-6-9-16(28-2)17(12-14)29-3/h4-9,12,21H,10-11H2,1-3H3,(H,22,23,25). The van der Waals surface area contributed by atoms with Gasteiger partial charge in [-0.05, 0) is 43.2 Å². The summed E-state index contributed by atoms with van der Waals surface area (Å²) < 4.78 is 37.7. The van der Waals surface area contributed by atoms with Crippen LogP contribution >= 0.6 is 11.3 Å². The van der Waals surface area contributed by atoms with E-state index in [0.29, 0.717) is 23.5 Å². The lowest BCUT2D eigenvalue weighted by Gasteiger charge is -2.09. The van der Waals surface area contributed by atoms with Crippen LogP contribution in [0.15, 0.2) is 46.8 Å². The molecule has 3 aromatic rings. The first kappa shape index (κ1) is 22.7. The number of methoxy groups -OCH3 is 2. The average molecular weight is 463 g/mol. The first-order chi connectivity index (χ1) is 14.8. The summed E-state index contributed by atoms with van der Waals surface area (Å²) in [5, 5.41) is 10.1. The molecule has 2 aromatic carbocycles. The largest absolute Gasteiger partial charge is 0.493 e. The second-order valence-electron chi connectivity index (χ2n) is 6.53. The zero-order valence-electron chi connectivity index (χ0n) is 17.2. The maximum absolute atomic E-state index is 12.5. The summed E-state index contributed by atoms with van der Waals surface area (Å²) in [4.78, 5) is 12.3. The molecule has 0 aliphatic heterocycles. The number of anilines is 1. The Morgan fingerprint density at radius 3 is 2.42 bits per heavy atom. The van der Waals surface area contributed by atoms with Crippen LogP contribution in [-0.4, -0.2) is 45.3 Å². The highest BCUT2D eigenvalue weighted by molar-refractivity contribution is 7.91. The Hall–Kier alpha value is -3.02. The van der Waals surface area contributed by atoms with E-state index in [9.17, 15) is 13.2 Å². The van der Waals surface area contributed by atoms with E-state index in [1.165, 1.54) is 7.11 Å². The van der Waals surface area contributed by atoms with Gasteiger partial charge in [0.2, 0.25) is 9.47 Å². The average Bonchev–Trinajstić information content (AvgIpc) is 3.23. The molecule has 0 aliphatic rings. The number of nitrogens with one attached hydrogen (secondary N) is 2. The molecule has 1 aromatic heterocycles. The number of amides is 1. The van der Waals surface area contributed by atoms with Gasteiger partial charge >= 0.3 is 0 Å². The third-order valence-electron chi connectivity index (χ3n) is 4.32. The zero-order valence-corrected chi connectivity index (χ0v) is 18.8. The van der Waals surface area contributed by atoms with Crippen molar-refractivity contribution >= 4 is 32.4 Å². The molecule has 2 N–H and O–H groups in total. The van der Waals surface area contributed by atoms with Gasteiger partial charge in [-0.3, -0.25) is 10.1 Å². The number of sulfonamides is 1. The number of carbonyl (C=O) groups is 1. The fourth-order valence-electron chi connectivity index (χ4n) is 2.67. The number of benzene rings is 2. The van der Waals surface area contributed by atoms with Crippen molar-refractivity contribution in [3.05, 3.63) is 59.2 Å². The zero-order chi connectivity index (χ0) is 22.4. The number of carbonyl (C=O) groups excluding carboxylic acids is 1. The molecule has 0 saturated heterocycles. The minimum absolute atomic E-state index is 0.103. The molecule has 0 spiro atoms. The highest BCUT2D eigenvalue weighted by Gasteiger charge is 2.21. The summed E-state index contributed by atoms with van der Waals surface area (Å²) in [5.41, 5.74) is 2.35. The van der Waals surface area contributed by atoms with Gasteiger partial charge in [-0.15, -0.1) is 10.2 Å². The SMILES string of the molecule is COc1ccc(CCNS(=O)(=O)c2nnc(NC(=O)c3ccc(C)cc3)s2)cc1OC. The Labute approximate surface area is 184 Å². The smallest absolute Gasteiger partial charge is 0.269 e. The molecule has 9 nitrogen and oxygen atoms in total. The molecular weight excluding hydrogens is 440 g/mol. The minimum atomic E-state index is -3.86. The number of aromatic nitrogens is 2. The third kappa shape index (κ3) is 5.78. The second-order valence-corrected chi connectivity index (χ2v) is 9.45. The van der Waals surface area contributed by atoms with Crippen molar-refractivity contribution < 1.29 is 22.7 Å². The number of ether oxygens (including phenoxy) is 2. The van der Waals surface area contributed by atoms with Gasteiger partial charge in [0.05, 0.1) is 14.2 Å². The van der Waals surface area contributed by atoms with Crippen LogP contribution in [0, 0.1) is 6.92 Å². The van der Waals surface area contributed by atoms with E-state index >= 15 is 0 Å². The Morgan fingerprint density at radius 1 is 1.03 bits per heavy atom. The van der Waals surface area contributed by atoms with Gasteiger partial charge in [-0.2, -0.15) is 0 Å². The van der Waals surface area contributed by atoms with Crippen molar-refractivity contribution in [2.45, 2.75) is 17.7 Å². The van der Waals surface area contributed by atoms with Crippen molar-refractivity contribution in [3.8, 4) is 11.5 Å². The van der Waals surface area contributed by atoms with Crippen molar-refractivity contribution in [1.82, 2.24) is 14.9 Å². The lowest BCUT2D eigenvalue weighted by molar-refractivity contribution is 0.102. The summed E-state index contributed by atoms with van der Waals surface area (Å²) in [6, 6.07) is 12.4. The molecule has 11 heteroatoms. The monoisotopic (exact) mass is 462 g/mol. The molecule has 0 radical (unpaired) electrons. The number of nitrogens with zero attached hydrogens (tertiary/aromatic N) is 2. The third-order valence-corrected chi connectivity index (χ3v) is 6.99. The molecule has 164 valence electrons. The van der Waals surface area contributed by atoms with Crippen molar-refractivity contribution in [2.75, 3.05) is 26.1 Å². The molecule has 31 heavy (non-hydrogen) atoms. The predicted molar refractivity (Wildman–Crippen MR) is 117 cm³/mol. The Bertz CT molecular complexity index is 1160. The van der Waals surface area contributed by atoms with Crippen molar-refractivity contribution in [1.29, 1.82) is 0 Å². The fourth-order valence-corrected chi connectivity index (χ4v) is 4.64. The normalized spacial score (nSPS) is 11.2. The van der Waals surface area contributed by atoms with Crippen molar-refractivity contribution in [3.63, 3.8) is 0 Å². The van der Waals surface area contributed by atoms with E-state index in [2.05, 4.69) is 20.2 Å². The lowest BCUT2D eigenvalue weighted by Crippen LogP contribution is -2.26. The van der Waals surface area contributed by atoms with Gasteiger partial charge in [0, 0.05) is 12.1 Å². The van der Waals surface area contributed by atoms with E-state index < -0.39 is 10.0 Å². The summed E-state index contributed by atoms with van der Waals surface area (Å²) in [6.07, 6.45) is 0.440.